The Morgan fingerprint density at radius 2 is 1.95 bits per heavy atom. The Labute approximate surface area is 245 Å². The summed E-state index contributed by atoms with van der Waals surface area (Å²) in [5.74, 6) is -1.60. The number of anilines is 1. The number of rotatable bonds is 12. The Morgan fingerprint density at radius 3 is 2.67 bits per heavy atom. The molecule has 4 N–H and O–H groups in total. The Morgan fingerprint density at radius 1 is 1.19 bits per heavy atom. The van der Waals surface area contributed by atoms with Gasteiger partial charge in [-0.25, -0.2) is 9.18 Å². The van der Waals surface area contributed by atoms with Gasteiger partial charge in [0.25, 0.3) is 5.56 Å². The molecule has 43 heavy (non-hydrogen) atoms. The number of hydrogen-bond donors (Lipinski definition) is 4. The third-order valence-electron chi connectivity index (χ3n) is 6.40. The minimum absolute atomic E-state index is 0.00589. The Bertz CT molecular complexity index is 1700. The molecule has 13 heteroatoms. The van der Waals surface area contributed by atoms with Gasteiger partial charge in [0, 0.05) is 26.0 Å². The van der Waals surface area contributed by atoms with Crippen LogP contribution in [0.4, 0.5) is 14.9 Å². The second-order valence-electron chi connectivity index (χ2n) is 9.82. The summed E-state index contributed by atoms with van der Waals surface area (Å²) in [6.07, 6.45) is 4.35. The summed E-state index contributed by atoms with van der Waals surface area (Å²) >= 11 is 0. The first-order valence-electron chi connectivity index (χ1n) is 13.3. The highest BCUT2D eigenvalue weighted by atomic mass is 19.1. The van der Waals surface area contributed by atoms with Crippen LogP contribution in [0.5, 0.6) is 5.75 Å². The van der Waals surface area contributed by atoms with Crippen LogP contribution < -0.4 is 20.9 Å². The molecule has 3 amide bonds. The number of carboxylic acid groups (broad SMARTS) is 1. The minimum atomic E-state index is -1.41. The summed E-state index contributed by atoms with van der Waals surface area (Å²) in [7, 11) is 3.19. The van der Waals surface area contributed by atoms with E-state index in [1.54, 1.807) is 32.3 Å². The summed E-state index contributed by atoms with van der Waals surface area (Å²) < 4.78 is 21.7. The van der Waals surface area contributed by atoms with Gasteiger partial charge in [0.2, 0.25) is 11.8 Å². The molecule has 0 fully saturated rings. The predicted octanol–water partition coefficient (Wildman–Crippen LogP) is 3.49. The van der Waals surface area contributed by atoms with Crippen molar-refractivity contribution in [2.45, 2.75) is 32.0 Å². The van der Waals surface area contributed by atoms with Crippen LogP contribution in [0.25, 0.3) is 11.0 Å². The van der Waals surface area contributed by atoms with Gasteiger partial charge in [-0.1, -0.05) is 36.4 Å². The largest absolute Gasteiger partial charge is 0.483 e. The lowest BCUT2D eigenvalue weighted by Crippen LogP contribution is -2.44. The number of H-pyrrole nitrogens is 1. The van der Waals surface area contributed by atoms with Gasteiger partial charge >= 0.3 is 6.09 Å². The topological polar surface area (TPSA) is 159 Å². The molecule has 1 atom stereocenters. The number of fused-ring (bicyclic) bond motifs is 1. The Balaban J connectivity index is 1.48. The molecule has 12 nitrogen and oxygen atoms in total. The van der Waals surface area contributed by atoms with E-state index in [2.05, 4.69) is 20.6 Å². The van der Waals surface area contributed by atoms with Gasteiger partial charge in [0.15, 0.2) is 11.6 Å². The van der Waals surface area contributed by atoms with Crippen LogP contribution in [0.2, 0.25) is 0 Å². The van der Waals surface area contributed by atoms with Crippen LogP contribution in [0, 0.1) is 5.82 Å². The van der Waals surface area contributed by atoms with Crippen LogP contribution in [-0.2, 0) is 22.7 Å². The smallest absolute Gasteiger partial charge is 0.405 e. The number of hydrogen-bond acceptors (Lipinski definition) is 6. The van der Waals surface area contributed by atoms with Crippen molar-refractivity contribution in [1.29, 1.82) is 0 Å². The number of pyridine rings is 2. The zero-order valence-electron chi connectivity index (χ0n) is 23.5. The number of halogens is 1. The van der Waals surface area contributed by atoms with E-state index >= 15 is 0 Å². The van der Waals surface area contributed by atoms with Crippen molar-refractivity contribution in [2.24, 2.45) is 0 Å². The lowest BCUT2D eigenvalue weighted by atomic mass is 10.1. The fourth-order valence-corrected chi connectivity index (χ4v) is 4.21. The highest BCUT2D eigenvalue weighted by Gasteiger charge is 2.21. The molecule has 0 bridgehead atoms. The van der Waals surface area contributed by atoms with Gasteiger partial charge in [-0.2, -0.15) is 0 Å². The minimum Gasteiger partial charge on any atom is -0.483 e. The van der Waals surface area contributed by atoms with E-state index in [0.717, 1.165) is 11.8 Å². The molecule has 0 spiro atoms. The number of likely N-dealkylation sites (N-methyl/N-ethyl adjacent to an activating group) is 1. The van der Waals surface area contributed by atoms with E-state index < -0.39 is 29.4 Å². The summed E-state index contributed by atoms with van der Waals surface area (Å²) in [6, 6.07) is 12.8. The molecule has 4 rings (SSSR count). The summed E-state index contributed by atoms with van der Waals surface area (Å²) in [5.41, 5.74) is 1.58. The number of nitrogens with one attached hydrogen (secondary N) is 3. The normalized spacial score (nSPS) is 11.8. The van der Waals surface area contributed by atoms with Crippen LogP contribution in [0.1, 0.15) is 24.1 Å². The molecular formula is C30H31FN6O6. The average Bonchev–Trinajstić information content (AvgIpc) is 3.39. The highest BCUT2D eigenvalue weighted by Crippen LogP contribution is 2.28. The first-order chi connectivity index (χ1) is 20.6. The van der Waals surface area contributed by atoms with Crippen LogP contribution >= 0.6 is 0 Å². The van der Waals surface area contributed by atoms with Crippen molar-refractivity contribution in [3.8, 4) is 5.75 Å². The van der Waals surface area contributed by atoms with E-state index in [9.17, 15) is 28.7 Å². The number of carbonyl (C=O) groups is 3. The first-order valence-corrected chi connectivity index (χ1v) is 13.3. The molecule has 3 aromatic heterocycles. The van der Waals surface area contributed by atoms with E-state index in [4.69, 9.17) is 4.74 Å². The van der Waals surface area contributed by atoms with Crippen molar-refractivity contribution >= 4 is 34.6 Å². The number of aromatic amines is 1. The van der Waals surface area contributed by atoms with Gasteiger partial charge in [0.05, 0.1) is 18.3 Å². The fraction of sp³-hybridized carbons (Fsp3) is 0.233. The molecular weight excluding hydrogens is 559 g/mol. The van der Waals surface area contributed by atoms with Crippen LogP contribution in [-0.4, -0.2) is 62.6 Å². The molecule has 3 heterocycles. The number of aromatic nitrogens is 3. The van der Waals surface area contributed by atoms with Crippen molar-refractivity contribution in [3.05, 3.63) is 101 Å². The number of nitrogens with zero attached hydrogens (tertiary/aromatic N) is 3. The maximum absolute atomic E-state index is 14.6. The second kappa shape index (κ2) is 13.9. The second-order valence-corrected chi connectivity index (χ2v) is 9.82. The maximum atomic E-state index is 14.6. The molecule has 0 radical (unpaired) electrons. The van der Waals surface area contributed by atoms with E-state index in [0.29, 0.717) is 16.7 Å². The highest BCUT2D eigenvalue weighted by molar-refractivity contribution is 5.96. The zero-order chi connectivity index (χ0) is 30.9. The Kier molecular flexibility index (Phi) is 9.89. The zero-order valence-corrected chi connectivity index (χ0v) is 23.5. The number of allylic oxidation sites excluding steroid dienone is 1. The van der Waals surface area contributed by atoms with Gasteiger partial charge in [-0.05, 0) is 42.7 Å². The lowest BCUT2D eigenvalue weighted by Gasteiger charge is -2.16. The molecule has 0 saturated heterocycles. The average molecular weight is 591 g/mol. The Hall–Kier alpha value is -5.46. The van der Waals surface area contributed by atoms with Crippen LogP contribution in [0.15, 0.2) is 77.9 Å². The van der Waals surface area contributed by atoms with Crippen molar-refractivity contribution in [3.63, 3.8) is 0 Å². The first kappa shape index (κ1) is 30.5. The van der Waals surface area contributed by atoms with Gasteiger partial charge in [-0.3, -0.25) is 19.4 Å². The summed E-state index contributed by atoms with van der Waals surface area (Å²) in [5, 5.41) is 13.8. The molecule has 0 aliphatic rings. The summed E-state index contributed by atoms with van der Waals surface area (Å²) in [4.78, 5) is 57.6. The van der Waals surface area contributed by atoms with E-state index in [1.807, 2.05) is 30.3 Å². The molecule has 0 aliphatic heterocycles. The van der Waals surface area contributed by atoms with Crippen molar-refractivity contribution < 1.29 is 28.6 Å². The molecule has 0 aliphatic carbocycles. The number of carbonyl (C=O) groups excluding carboxylic acids is 2. The van der Waals surface area contributed by atoms with Crippen molar-refractivity contribution in [2.75, 3.05) is 19.4 Å². The molecule has 1 unspecified atom stereocenters. The third kappa shape index (κ3) is 8.06. The van der Waals surface area contributed by atoms with E-state index in [1.165, 1.54) is 27.8 Å². The molecule has 1 aromatic carbocycles. The monoisotopic (exact) mass is 590 g/mol. The molecule has 0 saturated carbocycles. The number of ether oxygens (including phenoxy) is 1. The molecule has 224 valence electrons. The van der Waals surface area contributed by atoms with E-state index in [-0.39, 0.29) is 43.3 Å². The SMILES string of the molecule is CN(C)C(=O)C=CCCC(NC(=O)O)C(=O)Nc1cccn(Cc2cc3ncc(F)c(OCc4ccccc4)c3[nH]2)c1=O. The van der Waals surface area contributed by atoms with Crippen LogP contribution in [0.3, 0.4) is 0 Å². The third-order valence-corrected chi connectivity index (χ3v) is 6.40. The maximum Gasteiger partial charge on any atom is 0.405 e. The van der Waals surface area contributed by atoms with Gasteiger partial charge < -0.3 is 34.9 Å². The quantitative estimate of drug-likeness (QED) is 0.184. The fourth-order valence-electron chi connectivity index (χ4n) is 4.21. The molecule has 4 aromatic rings. The van der Waals surface area contributed by atoms with Gasteiger partial charge in [-0.15, -0.1) is 0 Å². The van der Waals surface area contributed by atoms with Crippen molar-refractivity contribution in [1.82, 2.24) is 24.8 Å². The summed E-state index contributed by atoms with van der Waals surface area (Å²) in [6.45, 7) is 0.189. The van der Waals surface area contributed by atoms with Gasteiger partial charge in [0.1, 0.15) is 23.9 Å². The standard InChI is InChI=1S/C30H31FN6O6/c1-36(2)25(38)13-7-6-11-22(35-30(41)42)28(39)34-23-12-8-14-37(29(23)40)17-20-15-24-26(33-20)27(21(31)16-32-24)43-18-19-9-4-3-5-10-19/h3-5,7-10,12-16,22,33,35H,6,11,17-18H2,1-2H3,(H,34,39)(H,41,42). The number of benzene rings is 1. The predicted molar refractivity (Wildman–Crippen MR) is 157 cm³/mol. The number of amides is 3. The lowest BCUT2D eigenvalue weighted by molar-refractivity contribution is -0.123.